The Morgan fingerprint density at radius 2 is 2.23 bits per heavy atom. The molecule has 7 heteroatoms. The van der Waals surface area contributed by atoms with Crippen LogP contribution in [0.4, 0.5) is 0 Å². The molecule has 140 valence electrons. The van der Waals surface area contributed by atoms with Crippen molar-refractivity contribution in [3.8, 4) is 5.75 Å². The van der Waals surface area contributed by atoms with Gasteiger partial charge in [0.15, 0.2) is 0 Å². The minimum atomic E-state index is 0.0254. The Morgan fingerprint density at radius 3 is 2.96 bits per heavy atom. The molecule has 0 spiro atoms. The highest BCUT2D eigenvalue weighted by Gasteiger charge is 2.20. The number of carbonyl (C=O) groups excluding carboxylic acids is 1. The summed E-state index contributed by atoms with van der Waals surface area (Å²) in [6, 6.07) is 7.68. The molecule has 1 atom stereocenters. The number of carbonyl (C=O) groups is 1. The second kappa shape index (κ2) is 8.10. The van der Waals surface area contributed by atoms with Crippen LogP contribution in [0.5, 0.6) is 5.75 Å². The molecule has 0 aliphatic carbocycles. The number of hydrogen-bond donors (Lipinski definition) is 1. The second-order valence-electron chi connectivity index (χ2n) is 6.84. The standard InChI is InChI=1S/C19H25ClN4O2/c1-13-8-17(22-23(13)3)10-21-19(25)6-7-24-11-14(2)26-18-5-4-16(20)9-15(18)12-24/h4-5,8-9,14H,6-7,10-12H2,1-3H3,(H,21,25). The van der Waals surface area contributed by atoms with Crippen LogP contribution >= 0.6 is 11.6 Å². The van der Waals surface area contributed by atoms with Gasteiger partial charge in [-0.1, -0.05) is 11.6 Å². The van der Waals surface area contributed by atoms with Gasteiger partial charge >= 0.3 is 0 Å². The van der Waals surface area contributed by atoms with Gasteiger partial charge in [0.25, 0.3) is 0 Å². The molecular formula is C19H25ClN4O2. The molecule has 3 rings (SSSR count). The molecule has 1 N–H and O–H groups in total. The van der Waals surface area contributed by atoms with Crippen molar-refractivity contribution in [1.29, 1.82) is 0 Å². The van der Waals surface area contributed by atoms with Gasteiger partial charge in [-0.3, -0.25) is 14.4 Å². The minimum Gasteiger partial charge on any atom is -0.489 e. The molecule has 26 heavy (non-hydrogen) atoms. The van der Waals surface area contributed by atoms with Crippen molar-refractivity contribution >= 4 is 17.5 Å². The molecule has 2 heterocycles. The number of hydrogen-bond acceptors (Lipinski definition) is 4. The summed E-state index contributed by atoms with van der Waals surface area (Å²) >= 11 is 6.11. The smallest absolute Gasteiger partial charge is 0.221 e. The van der Waals surface area contributed by atoms with Gasteiger partial charge in [-0.15, -0.1) is 0 Å². The average Bonchev–Trinajstić information content (AvgIpc) is 2.81. The van der Waals surface area contributed by atoms with Gasteiger partial charge in [-0.2, -0.15) is 5.10 Å². The third-order valence-corrected chi connectivity index (χ3v) is 4.78. The lowest BCUT2D eigenvalue weighted by molar-refractivity contribution is -0.121. The Morgan fingerprint density at radius 1 is 1.42 bits per heavy atom. The number of benzene rings is 1. The summed E-state index contributed by atoms with van der Waals surface area (Å²) in [5.41, 5.74) is 3.01. The zero-order chi connectivity index (χ0) is 18.7. The molecule has 2 aromatic rings. The second-order valence-corrected chi connectivity index (χ2v) is 7.28. The first-order valence-electron chi connectivity index (χ1n) is 8.84. The third-order valence-electron chi connectivity index (χ3n) is 4.55. The number of nitrogens with zero attached hydrogens (tertiary/aromatic N) is 3. The van der Waals surface area contributed by atoms with Crippen LogP contribution in [0.3, 0.4) is 0 Å². The van der Waals surface area contributed by atoms with E-state index in [4.69, 9.17) is 16.3 Å². The molecule has 1 unspecified atom stereocenters. The normalized spacial score (nSPS) is 17.3. The molecule has 1 amide bonds. The molecular weight excluding hydrogens is 352 g/mol. The Kier molecular flexibility index (Phi) is 5.84. The van der Waals surface area contributed by atoms with Gasteiger partial charge in [0, 0.05) is 49.4 Å². The quantitative estimate of drug-likeness (QED) is 0.871. The predicted octanol–water partition coefficient (Wildman–Crippen LogP) is 2.67. The highest BCUT2D eigenvalue weighted by atomic mass is 35.5. The molecule has 1 aliphatic heterocycles. The fourth-order valence-electron chi connectivity index (χ4n) is 3.14. The van der Waals surface area contributed by atoms with Gasteiger partial charge in [-0.25, -0.2) is 0 Å². The summed E-state index contributed by atoms with van der Waals surface area (Å²) in [4.78, 5) is 14.4. The number of amides is 1. The summed E-state index contributed by atoms with van der Waals surface area (Å²) in [5.74, 6) is 0.900. The fourth-order valence-corrected chi connectivity index (χ4v) is 3.33. The van der Waals surface area contributed by atoms with Crippen LogP contribution in [0, 0.1) is 6.92 Å². The molecule has 0 radical (unpaired) electrons. The number of halogens is 1. The van der Waals surface area contributed by atoms with Gasteiger partial charge in [0.1, 0.15) is 11.9 Å². The number of aryl methyl sites for hydroxylation is 2. The van der Waals surface area contributed by atoms with Crippen molar-refractivity contribution in [2.45, 2.75) is 39.5 Å². The van der Waals surface area contributed by atoms with Gasteiger partial charge < -0.3 is 10.1 Å². The highest BCUT2D eigenvalue weighted by molar-refractivity contribution is 6.30. The van der Waals surface area contributed by atoms with Crippen LogP contribution in [0.1, 0.15) is 30.3 Å². The first-order chi connectivity index (χ1) is 12.4. The number of fused-ring (bicyclic) bond motifs is 1. The molecule has 1 aliphatic rings. The van der Waals surface area contributed by atoms with Gasteiger partial charge in [-0.05, 0) is 38.1 Å². The molecule has 0 saturated heterocycles. The molecule has 6 nitrogen and oxygen atoms in total. The van der Waals surface area contributed by atoms with E-state index in [0.717, 1.165) is 35.8 Å². The monoisotopic (exact) mass is 376 g/mol. The lowest BCUT2D eigenvalue weighted by Gasteiger charge is -2.21. The maximum absolute atomic E-state index is 12.2. The van der Waals surface area contributed by atoms with E-state index >= 15 is 0 Å². The lowest BCUT2D eigenvalue weighted by atomic mass is 10.2. The Hall–Kier alpha value is -2.05. The minimum absolute atomic E-state index is 0.0254. The van der Waals surface area contributed by atoms with Crippen LogP contribution in [-0.4, -0.2) is 39.8 Å². The van der Waals surface area contributed by atoms with Crippen molar-refractivity contribution < 1.29 is 9.53 Å². The van der Waals surface area contributed by atoms with Crippen LogP contribution < -0.4 is 10.1 Å². The topological polar surface area (TPSA) is 59.4 Å². The van der Waals surface area contributed by atoms with Crippen molar-refractivity contribution in [2.24, 2.45) is 7.05 Å². The third kappa shape index (κ3) is 4.77. The summed E-state index contributed by atoms with van der Waals surface area (Å²) in [7, 11) is 1.90. The maximum Gasteiger partial charge on any atom is 0.221 e. The van der Waals surface area contributed by atoms with Crippen LogP contribution in [-0.2, 0) is 24.9 Å². The Labute approximate surface area is 159 Å². The van der Waals surface area contributed by atoms with Gasteiger partial charge in [0.05, 0.1) is 12.2 Å². The Balaban J connectivity index is 1.52. The van der Waals surface area contributed by atoms with Crippen molar-refractivity contribution in [1.82, 2.24) is 20.0 Å². The first kappa shape index (κ1) is 18.7. The number of aromatic nitrogens is 2. The largest absolute Gasteiger partial charge is 0.489 e. The zero-order valence-corrected chi connectivity index (χ0v) is 16.2. The molecule has 0 fully saturated rings. The molecule has 1 aromatic heterocycles. The van der Waals surface area contributed by atoms with Crippen molar-refractivity contribution in [3.63, 3.8) is 0 Å². The summed E-state index contributed by atoms with van der Waals surface area (Å²) in [6.45, 7) is 6.67. The lowest BCUT2D eigenvalue weighted by Crippen LogP contribution is -2.34. The Bertz CT molecular complexity index is 770. The maximum atomic E-state index is 12.2. The van der Waals surface area contributed by atoms with Crippen LogP contribution in [0.15, 0.2) is 24.3 Å². The summed E-state index contributed by atoms with van der Waals surface area (Å²) < 4.78 is 7.76. The number of nitrogens with one attached hydrogen (secondary N) is 1. The first-order valence-corrected chi connectivity index (χ1v) is 9.22. The number of rotatable bonds is 5. The van der Waals surface area contributed by atoms with E-state index in [9.17, 15) is 4.79 Å². The van der Waals surface area contributed by atoms with Crippen LogP contribution in [0.25, 0.3) is 0 Å². The van der Waals surface area contributed by atoms with E-state index in [1.54, 1.807) is 0 Å². The predicted molar refractivity (Wildman–Crippen MR) is 101 cm³/mol. The summed E-state index contributed by atoms with van der Waals surface area (Å²) in [6.07, 6.45) is 0.506. The SMILES string of the molecule is Cc1cc(CNC(=O)CCN2Cc3cc(Cl)ccc3OC(C)C2)nn1C. The van der Waals surface area contributed by atoms with Crippen LogP contribution in [0.2, 0.25) is 5.02 Å². The zero-order valence-electron chi connectivity index (χ0n) is 15.5. The van der Waals surface area contributed by atoms with E-state index in [2.05, 4.69) is 15.3 Å². The van der Waals surface area contributed by atoms with E-state index in [-0.39, 0.29) is 12.0 Å². The van der Waals surface area contributed by atoms with Gasteiger partial charge in [0.2, 0.25) is 5.91 Å². The van der Waals surface area contributed by atoms with Crippen molar-refractivity contribution in [3.05, 3.63) is 46.2 Å². The highest BCUT2D eigenvalue weighted by Crippen LogP contribution is 2.28. The summed E-state index contributed by atoms with van der Waals surface area (Å²) in [5, 5.41) is 7.99. The molecule has 0 bridgehead atoms. The molecule has 1 aromatic carbocycles. The van der Waals surface area contributed by atoms with E-state index in [0.29, 0.717) is 24.5 Å². The number of ether oxygens (including phenoxy) is 1. The van der Waals surface area contributed by atoms with E-state index < -0.39 is 0 Å². The van der Waals surface area contributed by atoms with E-state index in [1.165, 1.54) is 0 Å². The average molecular weight is 377 g/mol. The molecule has 0 saturated carbocycles. The fraction of sp³-hybridized carbons (Fsp3) is 0.474. The van der Waals surface area contributed by atoms with Crippen molar-refractivity contribution in [2.75, 3.05) is 13.1 Å². The van der Waals surface area contributed by atoms with E-state index in [1.807, 2.05) is 49.8 Å².